The Kier molecular flexibility index (Phi) is 4.09. The van der Waals surface area contributed by atoms with Crippen LogP contribution in [0.4, 0.5) is 0 Å². The lowest BCUT2D eigenvalue weighted by atomic mass is 9.99. The van der Waals surface area contributed by atoms with E-state index in [1.807, 2.05) is 30.0 Å². The molecule has 0 radical (unpaired) electrons. The third kappa shape index (κ3) is 2.69. The van der Waals surface area contributed by atoms with Gasteiger partial charge >= 0.3 is 0 Å². The molecule has 0 saturated heterocycles. The van der Waals surface area contributed by atoms with Crippen LogP contribution in [0.2, 0.25) is 0 Å². The maximum absolute atomic E-state index is 12.7. The van der Waals surface area contributed by atoms with Crippen molar-refractivity contribution in [2.75, 3.05) is 13.1 Å². The largest absolute Gasteiger partial charge is 0.361 e. The minimum Gasteiger partial charge on any atom is -0.361 e. The summed E-state index contributed by atoms with van der Waals surface area (Å²) in [6.45, 7) is 5.15. The Labute approximate surface area is 130 Å². The number of aromatic nitrogens is 1. The highest BCUT2D eigenvalue weighted by atomic mass is 16.5. The van der Waals surface area contributed by atoms with E-state index in [4.69, 9.17) is 4.52 Å². The minimum absolute atomic E-state index is 0.0268. The molecule has 0 spiro atoms. The summed E-state index contributed by atoms with van der Waals surface area (Å²) in [6, 6.07) is 10.3. The zero-order chi connectivity index (χ0) is 15.5. The van der Waals surface area contributed by atoms with E-state index in [0.29, 0.717) is 24.3 Å². The van der Waals surface area contributed by atoms with E-state index in [0.717, 1.165) is 18.7 Å². The molecule has 4 nitrogen and oxygen atoms in total. The first kappa shape index (κ1) is 14.6. The Balaban J connectivity index is 1.77. The van der Waals surface area contributed by atoms with Crippen molar-refractivity contribution in [1.82, 2.24) is 10.1 Å². The van der Waals surface area contributed by atoms with Crippen molar-refractivity contribution in [3.63, 3.8) is 0 Å². The maximum atomic E-state index is 12.7. The molecule has 2 aromatic rings. The smallest absolute Gasteiger partial charge is 0.259 e. The molecule has 22 heavy (non-hydrogen) atoms. The summed E-state index contributed by atoms with van der Waals surface area (Å²) >= 11 is 0. The van der Waals surface area contributed by atoms with E-state index < -0.39 is 0 Å². The molecular weight excluding hydrogens is 276 g/mol. The van der Waals surface area contributed by atoms with Gasteiger partial charge in [-0.15, -0.1) is 0 Å². The number of hydrogen-bond donors (Lipinski definition) is 0. The fourth-order valence-electron chi connectivity index (χ4n) is 2.86. The van der Waals surface area contributed by atoms with Crippen LogP contribution in [0.5, 0.6) is 0 Å². The van der Waals surface area contributed by atoms with Gasteiger partial charge in [-0.25, -0.2) is 0 Å². The summed E-state index contributed by atoms with van der Waals surface area (Å²) in [5, 5.41) is 3.97. The van der Waals surface area contributed by atoms with Gasteiger partial charge in [-0.2, -0.15) is 0 Å². The van der Waals surface area contributed by atoms with Gasteiger partial charge in [0.05, 0.1) is 5.69 Å². The Morgan fingerprint density at radius 3 is 2.73 bits per heavy atom. The number of nitrogens with zero attached hydrogens (tertiary/aromatic N) is 2. The number of hydrogen-bond acceptors (Lipinski definition) is 3. The van der Waals surface area contributed by atoms with Crippen LogP contribution in [0.3, 0.4) is 0 Å². The van der Waals surface area contributed by atoms with Crippen molar-refractivity contribution in [1.29, 1.82) is 0 Å². The van der Waals surface area contributed by atoms with Gasteiger partial charge in [0.2, 0.25) is 0 Å². The summed E-state index contributed by atoms with van der Waals surface area (Å²) in [5.74, 6) is 0.638. The van der Waals surface area contributed by atoms with E-state index in [1.54, 1.807) is 6.92 Å². The second kappa shape index (κ2) is 6.18. The van der Waals surface area contributed by atoms with Crippen LogP contribution in [-0.2, 0) is 6.42 Å². The predicted molar refractivity (Wildman–Crippen MR) is 85.6 cm³/mol. The van der Waals surface area contributed by atoms with E-state index in [-0.39, 0.29) is 5.91 Å². The molecule has 4 heteroatoms. The number of benzene rings is 1. The number of amides is 1. The summed E-state index contributed by atoms with van der Waals surface area (Å²) in [4.78, 5) is 14.6. The molecule has 0 N–H and O–H groups in total. The molecule has 1 aromatic carbocycles. The number of carbonyl (C=O) groups excluding carboxylic acids is 1. The first-order chi connectivity index (χ1) is 10.7. The number of rotatable bonds is 3. The standard InChI is InChI=1S/C18H20N2O2/c1-3-16-17(13(2)22-19-16)18(21)20-11-9-15(10-12-20)14-7-5-4-6-8-14/h4-9H,3,10-12H2,1-2H3. The molecular formula is C18H20N2O2. The molecule has 0 aliphatic carbocycles. The Hall–Kier alpha value is -2.36. The van der Waals surface area contributed by atoms with Gasteiger partial charge in [-0.3, -0.25) is 4.79 Å². The lowest BCUT2D eigenvalue weighted by Crippen LogP contribution is -2.35. The summed E-state index contributed by atoms with van der Waals surface area (Å²) in [5.41, 5.74) is 3.94. The molecule has 3 rings (SSSR count). The molecule has 114 valence electrons. The normalized spacial score (nSPS) is 14.8. The molecule has 0 saturated carbocycles. The SMILES string of the molecule is CCc1noc(C)c1C(=O)N1CC=C(c2ccccc2)CC1. The predicted octanol–water partition coefficient (Wildman–Crippen LogP) is 3.47. The van der Waals surface area contributed by atoms with Crippen molar-refractivity contribution in [3.8, 4) is 0 Å². The Bertz CT molecular complexity index is 701. The molecule has 1 amide bonds. The maximum Gasteiger partial charge on any atom is 0.259 e. The van der Waals surface area contributed by atoms with Crippen LogP contribution in [-0.4, -0.2) is 29.1 Å². The third-order valence-electron chi connectivity index (χ3n) is 4.12. The molecule has 1 aromatic heterocycles. The highest BCUT2D eigenvalue weighted by Gasteiger charge is 2.25. The summed E-state index contributed by atoms with van der Waals surface area (Å²) in [6.07, 6.45) is 3.73. The van der Waals surface area contributed by atoms with Gasteiger partial charge < -0.3 is 9.42 Å². The highest BCUT2D eigenvalue weighted by Crippen LogP contribution is 2.24. The summed E-state index contributed by atoms with van der Waals surface area (Å²) < 4.78 is 5.18. The molecule has 2 heterocycles. The van der Waals surface area contributed by atoms with Crippen LogP contribution in [0, 0.1) is 6.92 Å². The van der Waals surface area contributed by atoms with E-state index in [2.05, 4.69) is 23.4 Å². The zero-order valence-corrected chi connectivity index (χ0v) is 13.0. The van der Waals surface area contributed by atoms with Crippen LogP contribution in [0.25, 0.3) is 5.57 Å². The van der Waals surface area contributed by atoms with Crippen LogP contribution < -0.4 is 0 Å². The van der Waals surface area contributed by atoms with Gasteiger partial charge in [0.1, 0.15) is 11.3 Å². The van der Waals surface area contributed by atoms with E-state index in [9.17, 15) is 4.79 Å². The second-order valence-electron chi connectivity index (χ2n) is 5.51. The van der Waals surface area contributed by atoms with E-state index in [1.165, 1.54) is 11.1 Å². The van der Waals surface area contributed by atoms with Crippen molar-refractivity contribution >= 4 is 11.5 Å². The number of aryl methyl sites for hydroxylation is 2. The molecule has 1 aliphatic rings. The Morgan fingerprint density at radius 2 is 2.09 bits per heavy atom. The topological polar surface area (TPSA) is 46.3 Å². The quantitative estimate of drug-likeness (QED) is 0.871. The van der Waals surface area contributed by atoms with Crippen molar-refractivity contribution in [3.05, 3.63) is 59.0 Å². The zero-order valence-electron chi connectivity index (χ0n) is 13.0. The molecule has 1 aliphatic heterocycles. The fraction of sp³-hybridized carbons (Fsp3) is 0.333. The van der Waals surface area contributed by atoms with Crippen LogP contribution in [0.1, 0.15) is 40.7 Å². The van der Waals surface area contributed by atoms with E-state index >= 15 is 0 Å². The Morgan fingerprint density at radius 1 is 1.32 bits per heavy atom. The lowest BCUT2D eigenvalue weighted by molar-refractivity contribution is 0.0770. The monoisotopic (exact) mass is 296 g/mol. The highest BCUT2D eigenvalue weighted by molar-refractivity contribution is 5.96. The first-order valence-electron chi connectivity index (χ1n) is 7.69. The molecule has 0 atom stereocenters. The first-order valence-corrected chi connectivity index (χ1v) is 7.69. The van der Waals surface area contributed by atoms with Gasteiger partial charge in [0, 0.05) is 13.1 Å². The lowest BCUT2D eigenvalue weighted by Gasteiger charge is -2.26. The van der Waals surface area contributed by atoms with Gasteiger partial charge in [0.15, 0.2) is 0 Å². The van der Waals surface area contributed by atoms with Crippen molar-refractivity contribution in [2.24, 2.45) is 0 Å². The minimum atomic E-state index is 0.0268. The fourth-order valence-corrected chi connectivity index (χ4v) is 2.86. The summed E-state index contributed by atoms with van der Waals surface area (Å²) in [7, 11) is 0. The van der Waals surface area contributed by atoms with Gasteiger partial charge in [-0.1, -0.05) is 48.5 Å². The molecule has 0 unspecified atom stereocenters. The second-order valence-corrected chi connectivity index (χ2v) is 5.51. The third-order valence-corrected chi connectivity index (χ3v) is 4.12. The average Bonchev–Trinajstić information content (AvgIpc) is 2.96. The van der Waals surface area contributed by atoms with Gasteiger partial charge in [0.25, 0.3) is 5.91 Å². The van der Waals surface area contributed by atoms with Gasteiger partial charge in [-0.05, 0) is 30.9 Å². The van der Waals surface area contributed by atoms with Crippen LogP contribution in [0.15, 0.2) is 40.9 Å². The molecule has 0 bridgehead atoms. The van der Waals surface area contributed by atoms with Crippen molar-refractivity contribution < 1.29 is 9.32 Å². The average molecular weight is 296 g/mol. The van der Waals surface area contributed by atoms with Crippen molar-refractivity contribution in [2.45, 2.75) is 26.7 Å². The van der Waals surface area contributed by atoms with Crippen LogP contribution >= 0.6 is 0 Å². The molecule has 0 fully saturated rings. The number of carbonyl (C=O) groups is 1.